The highest BCUT2D eigenvalue weighted by molar-refractivity contribution is 6.00. The Morgan fingerprint density at radius 3 is 2.35 bits per heavy atom. The van der Waals surface area contributed by atoms with Crippen LogP contribution in [0.25, 0.3) is 11.3 Å². The fourth-order valence-electron chi connectivity index (χ4n) is 4.30. The zero-order valence-electron chi connectivity index (χ0n) is 18.2. The maximum Gasteiger partial charge on any atom is 0.257 e. The third-order valence-electron chi connectivity index (χ3n) is 5.97. The first kappa shape index (κ1) is 21.0. The van der Waals surface area contributed by atoms with Gasteiger partial charge in [0.15, 0.2) is 5.78 Å². The number of aromatic amines is 1. The summed E-state index contributed by atoms with van der Waals surface area (Å²) >= 11 is 0. The molecule has 4 rings (SSSR count). The van der Waals surface area contributed by atoms with E-state index in [1.165, 1.54) is 5.56 Å². The van der Waals surface area contributed by atoms with Crippen LogP contribution in [0.1, 0.15) is 53.0 Å². The Bertz CT molecular complexity index is 1030. The summed E-state index contributed by atoms with van der Waals surface area (Å²) in [4.78, 5) is 27.9. The van der Waals surface area contributed by atoms with Gasteiger partial charge in [-0.25, -0.2) is 0 Å². The molecular formula is C26H29N3O2. The topological polar surface area (TPSA) is 66.1 Å². The minimum atomic E-state index is -0.0310. The molecule has 5 heteroatoms. The van der Waals surface area contributed by atoms with Gasteiger partial charge in [0.25, 0.3) is 5.91 Å². The molecule has 0 spiro atoms. The van der Waals surface area contributed by atoms with Crippen LogP contribution in [0.15, 0.2) is 60.8 Å². The summed E-state index contributed by atoms with van der Waals surface area (Å²) in [7, 11) is 0. The quantitative estimate of drug-likeness (QED) is 0.576. The van der Waals surface area contributed by atoms with Gasteiger partial charge < -0.3 is 4.90 Å². The number of H-pyrrole nitrogens is 1. The zero-order chi connectivity index (χ0) is 21.8. The van der Waals surface area contributed by atoms with Gasteiger partial charge in [-0.05, 0) is 30.7 Å². The summed E-state index contributed by atoms with van der Waals surface area (Å²) in [6.07, 6.45) is 4.00. The number of ketones is 1. The molecule has 1 fully saturated rings. The lowest BCUT2D eigenvalue weighted by Crippen LogP contribution is -2.40. The van der Waals surface area contributed by atoms with Gasteiger partial charge in [-0.15, -0.1) is 0 Å². The van der Waals surface area contributed by atoms with Crippen molar-refractivity contribution in [2.45, 2.75) is 33.1 Å². The van der Waals surface area contributed by atoms with Gasteiger partial charge in [-0.3, -0.25) is 14.7 Å². The van der Waals surface area contributed by atoms with Crippen molar-refractivity contribution >= 4 is 11.7 Å². The number of carbonyl (C=O) groups excluding carboxylic acids is 2. The number of rotatable bonds is 6. The predicted octanol–water partition coefficient (Wildman–Crippen LogP) is 5.01. The average molecular weight is 416 g/mol. The molecule has 3 aromatic rings. The lowest BCUT2D eigenvalue weighted by Gasteiger charge is -2.31. The Morgan fingerprint density at radius 2 is 1.71 bits per heavy atom. The Labute approximate surface area is 183 Å². The van der Waals surface area contributed by atoms with Crippen LogP contribution in [0.5, 0.6) is 0 Å². The van der Waals surface area contributed by atoms with Gasteiger partial charge in [-0.1, -0.05) is 68.4 Å². The Hall–Kier alpha value is -3.21. The maximum absolute atomic E-state index is 13.1. The third-order valence-corrected chi connectivity index (χ3v) is 5.97. The number of hydrogen-bond donors (Lipinski definition) is 1. The molecule has 2 heterocycles. The van der Waals surface area contributed by atoms with Gasteiger partial charge >= 0.3 is 0 Å². The van der Waals surface area contributed by atoms with Gasteiger partial charge in [0.2, 0.25) is 0 Å². The molecule has 0 saturated carbocycles. The van der Waals surface area contributed by atoms with Crippen LogP contribution in [0.3, 0.4) is 0 Å². The van der Waals surface area contributed by atoms with Crippen LogP contribution < -0.4 is 0 Å². The van der Waals surface area contributed by atoms with E-state index < -0.39 is 0 Å². The highest BCUT2D eigenvalue weighted by Crippen LogP contribution is 2.26. The van der Waals surface area contributed by atoms with E-state index in [-0.39, 0.29) is 17.6 Å². The van der Waals surface area contributed by atoms with Gasteiger partial charge in [0.05, 0.1) is 17.5 Å². The van der Waals surface area contributed by atoms with E-state index in [0.717, 1.165) is 23.2 Å². The molecule has 1 saturated heterocycles. The largest absolute Gasteiger partial charge is 0.338 e. The van der Waals surface area contributed by atoms with Crippen molar-refractivity contribution in [3.63, 3.8) is 0 Å². The predicted molar refractivity (Wildman–Crippen MR) is 122 cm³/mol. The number of Topliss-reactive ketones (excluding diaryl/α,β-unsaturated/α-hetero) is 1. The number of benzene rings is 2. The van der Waals surface area contributed by atoms with Crippen LogP contribution >= 0.6 is 0 Å². The standard InChI is InChI=1S/C26H29N3O2/c1-18(2)16-19-8-10-21(11-9-19)25(30)22-12-14-29(15-13-22)26(31)23-17-27-28-24(23)20-6-4-3-5-7-20/h3-11,17-18,22H,12-16H2,1-2H3,(H,27,28). The van der Waals surface area contributed by atoms with Gasteiger partial charge in [0, 0.05) is 30.1 Å². The second-order valence-electron chi connectivity index (χ2n) is 8.75. The van der Waals surface area contributed by atoms with Crippen LogP contribution in [0.4, 0.5) is 0 Å². The molecular weight excluding hydrogens is 386 g/mol. The van der Waals surface area contributed by atoms with E-state index in [0.29, 0.717) is 37.4 Å². The third kappa shape index (κ3) is 4.76. The van der Waals surface area contributed by atoms with E-state index in [1.807, 2.05) is 47.4 Å². The molecule has 1 amide bonds. The first-order chi connectivity index (χ1) is 15.0. The van der Waals surface area contributed by atoms with Crippen molar-refractivity contribution in [2.24, 2.45) is 11.8 Å². The number of nitrogens with zero attached hydrogens (tertiary/aromatic N) is 2. The molecule has 5 nitrogen and oxygen atoms in total. The van der Waals surface area contributed by atoms with Crippen LogP contribution in [-0.2, 0) is 6.42 Å². The molecule has 1 aliphatic heterocycles. The minimum absolute atomic E-state index is 0.0297. The molecule has 0 radical (unpaired) electrons. The minimum Gasteiger partial charge on any atom is -0.338 e. The summed E-state index contributed by atoms with van der Waals surface area (Å²) in [6.45, 7) is 5.56. The summed E-state index contributed by atoms with van der Waals surface area (Å²) in [6, 6.07) is 17.8. The SMILES string of the molecule is CC(C)Cc1ccc(C(=O)C2CCN(C(=O)c3cn[nH]c3-c3ccccc3)CC2)cc1. The van der Waals surface area contributed by atoms with Gasteiger partial charge in [-0.2, -0.15) is 5.10 Å². The van der Waals surface area contributed by atoms with Crippen LogP contribution in [0, 0.1) is 11.8 Å². The zero-order valence-corrected chi connectivity index (χ0v) is 18.2. The molecule has 0 atom stereocenters. The lowest BCUT2D eigenvalue weighted by molar-refractivity contribution is 0.0651. The number of piperidine rings is 1. The summed E-state index contributed by atoms with van der Waals surface area (Å²) < 4.78 is 0. The van der Waals surface area contributed by atoms with Crippen molar-refractivity contribution < 1.29 is 9.59 Å². The number of hydrogen-bond acceptors (Lipinski definition) is 3. The first-order valence-corrected chi connectivity index (χ1v) is 11.0. The fraction of sp³-hybridized carbons (Fsp3) is 0.346. The van der Waals surface area contributed by atoms with E-state index in [9.17, 15) is 9.59 Å². The molecule has 1 aromatic heterocycles. The maximum atomic E-state index is 13.1. The monoisotopic (exact) mass is 415 g/mol. The Morgan fingerprint density at radius 1 is 1.03 bits per heavy atom. The molecule has 1 N–H and O–H groups in total. The fourth-order valence-corrected chi connectivity index (χ4v) is 4.30. The van der Waals surface area contributed by atoms with E-state index in [4.69, 9.17) is 0 Å². The van der Waals surface area contributed by atoms with Crippen molar-refractivity contribution in [3.05, 3.63) is 77.5 Å². The lowest BCUT2D eigenvalue weighted by atomic mass is 9.88. The summed E-state index contributed by atoms with van der Waals surface area (Å²) in [5.74, 6) is 0.729. The highest BCUT2D eigenvalue weighted by Gasteiger charge is 2.29. The Kier molecular flexibility index (Phi) is 6.31. The number of carbonyl (C=O) groups is 2. The molecule has 1 aliphatic rings. The van der Waals surface area contributed by atoms with Crippen LogP contribution in [-0.4, -0.2) is 39.9 Å². The first-order valence-electron chi connectivity index (χ1n) is 11.0. The highest BCUT2D eigenvalue weighted by atomic mass is 16.2. The van der Waals surface area contributed by atoms with Gasteiger partial charge in [0.1, 0.15) is 0 Å². The average Bonchev–Trinajstić information content (AvgIpc) is 3.29. The van der Waals surface area contributed by atoms with Crippen molar-refractivity contribution in [3.8, 4) is 11.3 Å². The molecule has 160 valence electrons. The number of nitrogens with one attached hydrogen (secondary N) is 1. The molecule has 31 heavy (non-hydrogen) atoms. The second-order valence-corrected chi connectivity index (χ2v) is 8.75. The van der Waals surface area contributed by atoms with E-state index in [1.54, 1.807) is 6.20 Å². The number of likely N-dealkylation sites (tertiary alicyclic amines) is 1. The normalized spacial score (nSPS) is 14.7. The number of amides is 1. The number of aromatic nitrogens is 2. The summed E-state index contributed by atoms with van der Waals surface area (Å²) in [5.41, 5.74) is 4.30. The van der Waals surface area contributed by atoms with E-state index in [2.05, 4.69) is 36.2 Å². The molecule has 2 aromatic carbocycles. The molecule has 0 bridgehead atoms. The second kappa shape index (κ2) is 9.29. The van der Waals surface area contributed by atoms with Crippen molar-refractivity contribution in [1.29, 1.82) is 0 Å². The molecule has 0 unspecified atom stereocenters. The summed E-state index contributed by atoms with van der Waals surface area (Å²) in [5, 5.41) is 7.05. The smallest absolute Gasteiger partial charge is 0.257 e. The van der Waals surface area contributed by atoms with Crippen LogP contribution in [0.2, 0.25) is 0 Å². The van der Waals surface area contributed by atoms with Crippen molar-refractivity contribution in [2.75, 3.05) is 13.1 Å². The van der Waals surface area contributed by atoms with Crippen molar-refractivity contribution in [1.82, 2.24) is 15.1 Å². The van der Waals surface area contributed by atoms with E-state index >= 15 is 0 Å². The molecule has 0 aliphatic carbocycles. The Balaban J connectivity index is 1.38.